The van der Waals surface area contributed by atoms with Crippen molar-refractivity contribution < 1.29 is 9.53 Å². The van der Waals surface area contributed by atoms with E-state index in [2.05, 4.69) is 41.5 Å². The van der Waals surface area contributed by atoms with E-state index < -0.39 is 0 Å². The maximum Gasteiger partial charge on any atom is 0.251 e. The molecule has 0 spiro atoms. The zero-order valence-corrected chi connectivity index (χ0v) is 14.0. The summed E-state index contributed by atoms with van der Waals surface area (Å²) in [7, 11) is 0. The number of ether oxygens (including phenoxy) is 1. The second-order valence-corrected chi connectivity index (χ2v) is 6.88. The van der Waals surface area contributed by atoms with E-state index in [-0.39, 0.29) is 18.1 Å². The van der Waals surface area contributed by atoms with Crippen LogP contribution in [-0.2, 0) is 11.3 Å². The summed E-state index contributed by atoms with van der Waals surface area (Å²) in [5, 5.41) is 6.22. The summed E-state index contributed by atoms with van der Waals surface area (Å²) in [6, 6.07) is 7.98. The van der Waals surface area contributed by atoms with Crippen LogP contribution in [0.25, 0.3) is 0 Å². The van der Waals surface area contributed by atoms with Crippen LogP contribution in [0.3, 0.4) is 0 Å². The largest absolute Gasteiger partial charge is 0.373 e. The molecule has 2 aliphatic heterocycles. The van der Waals surface area contributed by atoms with Crippen LogP contribution in [0, 0.1) is 5.92 Å². The monoisotopic (exact) mass is 317 g/mol. The average Bonchev–Trinajstić information content (AvgIpc) is 2.45. The van der Waals surface area contributed by atoms with Gasteiger partial charge in [0.2, 0.25) is 0 Å². The number of morpholine rings is 1. The summed E-state index contributed by atoms with van der Waals surface area (Å²) in [5.74, 6) is 0.612. The van der Waals surface area contributed by atoms with E-state index in [4.69, 9.17) is 4.74 Å². The van der Waals surface area contributed by atoms with Gasteiger partial charge in [0.15, 0.2) is 0 Å². The van der Waals surface area contributed by atoms with E-state index in [9.17, 15) is 4.79 Å². The second kappa shape index (κ2) is 7.43. The first-order valence-electron chi connectivity index (χ1n) is 8.56. The van der Waals surface area contributed by atoms with Crippen LogP contribution in [0.2, 0.25) is 0 Å². The number of nitrogens with zero attached hydrogens (tertiary/aromatic N) is 1. The molecule has 2 unspecified atom stereocenters. The second-order valence-electron chi connectivity index (χ2n) is 6.88. The van der Waals surface area contributed by atoms with Gasteiger partial charge in [-0.05, 0) is 31.5 Å². The zero-order chi connectivity index (χ0) is 16.2. The van der Waals surface area contributed by atoms with Crippen LogP contribution in [0.4, 0.5) is 0 Å². The number of amides is 1. The van der Waals surface area contributed by atoms with Gasteiger partial charge in [-0.2, -0.15) is 0 Å². The van der Waals surface area contributed by atoms with Gasteiger partial charge in [0.1, 0.15) is 0 Å². The third-order valence-corrected chi connectivity index (χ3v) is 4.53. The summed E-state index contributed by atoms with van der Waals surface area (Å²) >= 11 is 0. The number of carbonyl (C=O) groups excluding carboxylic acids is 1. The molecule has 126 valence electrons. The molecule has 1 aromatic rings. The molecule has 1 amide bonds. The minimum absolute atomic E-state index is 0.0251. The highest BCUT2D eigenvalue weighted by atomic mass is 16.5. The van der Waals surface area contributed by atoms with Crippen molar-refractivity contribution in [2.45, 2.75) is 32.6 Å². The molecule has 5 heteroatoms. The third kappa shape index (κ3) is 4.53. The van der Waals surface area contributed by atoms with Crippen molar-refractivity contribution in [2.75, 3.05) is 32.7 Å². The highest BCUT2D eigenvalue weighted by Gasteiger charge is 2.22. The van der Waals surface area contributed by atoms with E-state index in [0.717, 1.165) is 44.8 Å². The van der Waals surface area contributed by atoms with Crippen LogP contribution in [0.1, 0.15) is 29.8 Å². The molecule has 2 N–H and O–H groups in total. The van der Waals surface area contributed by atoms with Gasteiger partial charge in [-0.15, -0.1) is 0 Å². The first-order chi connectivity index (χ1) is 11.1. The lowest BCUT2D eigenvalue weighted by molar-refractivity contribution is -0.0704. The third-order valence-electron chi connectivity index (χ3n) is 4.53. The Labute approximate surface area is 138 Å². The van der Waals surface area contributed by atoms with Crippen LogP contribution in [0.5, 0.6) is 0 Å². The molecule has 0 bridgehead atoms. The van der Waals surface area contributed by atoms with Crippen molar-refractivity contribution in [3.05, 3.63) is 35.4 Å². The molecule has 5 nitrogen and oxygen atoms in total. The zero-order valence-electron chi connectivity index (χ0n) is 14.0. The van der Waals surface area contributed by atoms with Gasteiger partial charge < -0.3 is 15.4 Å². The van der Waals surface area contributed by atoms with Crippen molar-refractivity contribution in [3.63, 3.8) is 0 Å². The topological polar surface area (TPSA) is 53.6 Å². The lowest BCUT2D eigenvalue weighted by atomic mass is 10.0. The quantitative estimate of drug-likeness (QED) is 0.858. The Morgan fingerprint density at radius 1 is 1.22 bits per heavy atom. The van der Waals surface area contributed by atoms with Crippen molar-refractivity contribution in [2.24, 2.45) is 5.92 Å². The molecular weight excluding hydrogens is 290 g/mol. The van der Waals surface area contributed by atoms with Gasteiger partial charge in [0.05, 0.1) is 12.2 Å². The predicted molar refractivity (Wildman–Crippen MR) is 90.4 cm³/mol. The predicted octanol–water partition coefficient (Wildman–Crippen LogP) is 1.25. The summed E-state index contributed by atoms with van der Waals surface area (Å²) in [6.45, 7) is 9.85. The van der Waals surface area contributed by atoms with Crippen molar-refractivity contribution in [3.8, 4) is 0 Å². The highest BCUT2D eigenvalue weighted by molar-refractivity contribution is 5.94. The molecule has 2 heterocycles. The fourth-order valence-corrected chi connectivity index (χ4v) is 3.27. The fraction of sp³-hybridized carbons (Fsp3) is 0.611. The van der Waals surface area contributed by atoms with Crippen molar-refractivity contribution >= 4 is 5.91 Å². The SMILES string of the molecule is CC1CN(Cc2ccc(C(=O)NCC3CNC3)cc2)CC(C)O1. The van der Waals surface area contributed by atoms with E-state index in [1.165, 1.54) is 5.56 Å². The van der Waals surface area contributed by atoms with E-state index in [1.54, 1.807) is 0 Å². The lowest BCUT2D eigenvalue weighted by Crippen LogP contribution is -2.48. The fourth-order valence-electron chi connectivity index (χ4n) is 3.27. The molecule has 2 fully saturated rings. The molecule has 3 rings (SSSR count). The Bertz CT molecular complexity index is 518. The molecule has 0 aliphatic carbocycles. The van der Waals surface area contributed by atoms with Crippen LogP contribution < -0.4 is 10.6 Å². The smallest absolute Gasteiger partial charge is 0.251 e. The van der Waals surface area contributed by atoms with Gasteiger partial charge in [-0.3, -0.25) is 9.69 Å². The molecule has 0 saturated carbocycles. The maximum absolute atomic E-state index is 12.1. The molecular formula is C18H27N3O2. The molecule has 23 heavy (non-hydrogen) atoms. The van der Waals surface area contributed by atoms with E-state index in [1.807, 2.05) is 12.1 Å². The molecule has 0 radical (unpaired) electrons. The molecule has 2 atom stereocenters. The Hall–Kier alpha value is -1.43. The van der Waals surface area contributed by atoms with E-state index in [0.29, 0.717) is 5.92 Å². The van der Waals surface area contributed by atoms with Gasteiger partial charge in [-0.25, -0.2) is 0 Å². The average molecular weight is 317 g/mol. The number of nitrogens with one attached hydrogen (secondary N) is 2. The Balaban J connectivity index is 1.50. The number of rotatable bonds is 5. The van der Waals surface area contributed by atoms with Gasteiger partial charge >= 0.3 is 0 Å². The summed E-state index contributed by atoms with van der Waals surface area (Å²) in [5.41, 5.74) is 1.98. The molecule has 2 aliphatic rings. The Kier molecular flexibility index (Phi) is 5.30. The maximum atomic E-state index is 12.1. The van der Waals surface area contributed by atoms with Crippen LogP contribution in [-0.4, -0.2) is 55.7 Å². The van der Waals surface area contributed by atoms with Crippen molar-refractivity contribution in [1.29, 1.82) is 0 Å². The first kappa shape index (κ1) is 16.4. The molecule has 2 saturated heterocycles. The Morgan fingerprint density at radius 3 is 2.43 bits per heavy atom. The number of benzene rings is 1. The first-order valence-corrected chi connectivity index (χ1v) is 8.56. The van der Waals surface area contributed by atoms with Gasteiger partial charge in [0.25, 0.3) is 5.91 Å². The number of hydrogen-bond donors (Lipinski definition) is 2. The van der Waals surface area contributed by atoms with Gasteiger partial charge in [-0.1, -0.05) is 12.1 Å². The molecule has 0 aromatic heterocycles. The Morgan fingerprint density at radius 2 is 1.87 bits per heavy atom. The van der Waals surface area contributed by atoms with Crippen LogP contribution >= 0.6 is 0 Å². The summed E-state index contributed by atoms with van der Waals surface area (Å²) in [4.78, 5) is 14.5. The van der Waals surface area contributed by atoms with Crippen LogP contribution in [0.15, 0.2) is 24.3 Å². The normalized spacial score (nSPS) is 25.8. The summed E-state index contributed by atoms with van der Waals surface area (Å²) < 4.78 is 5.77. The number of carbonyl (C=O) groups is 1. The lowest BCUT2D eigenvalue weighted by Gasteiger charge is -2.35. The molecule has 1 aromatic carbocycles. The minimum atomic E-state index is 0.0251. The van der Waals surface area contributed by atoms with Crippen molar-refractivity contribution in [1.82, 2.24) is 15.5 Å². The number of hydrogen-bond acceptors (Lipinski definition) is 4. The standard InChI is InChI=1S/C18H27N3O2/c1-13-10-21(11-14(2)23-13)12-15-3-5-17(6-4-15)18(22)20-9-16-7-19-8-16/h3-6,13-14,16,19H,7-12H2,1-2H3,(H,20,22). The highest BCUT2D eigenvalue weighted by Crippen LogP contribution is 2.15. The minimum Gasteiger partial charge on any atom is -0.373 e. The van der Waals surface area contributed by atoms with Gasteiger partial charge in [0, 0.05) is 50.7 Å². The summed E-state index contributed by atoms with van der Waals surface area (Å²) in [6.07, 6.45) is 0.564. The van der Waals surface area contributed by atoms with E-state index >= 15 is 0 Å².